The van der Waals surface area contributed by atoms with E-state index in [2.05, 4.69) is 9.80 Å². The molecule has 1 saturated heterocycles. The molecule has 1 N–H and O–H groups in total. The predicted molar refractivity (Wildman–Crippen MR) is 90.4 cm³/mol. The van der Waals surface area contributed by atoms with E-state index in [0.29, 0.717) is 18.0 Å². The largest absolute Gasteiger partial charge is 0.395 e. The second-order valence-corrected chi connectivity index (χ2v) is 7.65. The van der Waals surface area contributed by atoms with Gasteiger partial charge in [0.25, 0.3) is 0 Å². The zero-order chi connectivity index (χ0) is 15.3. The van der Waals surface area contributed by atoms with Gasteiger partial charge in [0.1, 0.15) is 0 Å². The van der Waals surface area contributed by atoms with Gasteiger partial charge in [-0.25, -0.2) is 8.42 Å². The minimum absolute atomic E-state index is 0. The normalized spacial score (nSPS) is 17.2. The number of rotatable bonds is 6. The number of β-amino-alcohol motifs (C(OH)–C–C–N with tert-alkyl or cyclic N) is 1. The Balaban J connectivity index is 0.00000242. The lowest BCUT2D eigenvalue weighted by atomic mass is 10.2. The van der Waals surface area contributed by atoms with Crippen LogP contribution >= 0.6 is 12.4 Å². The second-order valence-electron chi connectivity index (χ2n) is 5.54. The number of aliphatic hydroxyl groups is 1. The van der Waals surface area contributed by atoms with E-state index in [-0.39, 0.29) is 24.8 Å². The molecular formula is C15H25ClN2O3S. The van der Waals surface area contributed by atoms with Crippen LogP contribution in [0.1, 0.15) is 5.56 Å². The van der Waals surface area contributed by atoms with Crippen molar-refractivity contribution in [1.29, 1.82) is 0 Å². The summed E-state index contributed by atoms with van der Waals surface area (Å²) in [4.78, 5) is 4.79. The van der Waals surface area contributed by atoms with Crippen molar-refractivity contribution in [2.75, 3.05) is 51.6 Å². The van der Waals surface area contributed by atoms with Crippen LogP contribution in [-0.2, 0) is 9.84 Å². The molecule has 0 spiro atoms. The Morgan fingerprint density at radius 3 is 2.00 bits per heavy atom. The van der Waals surface area contributed by atoms with Gasteiger partial charge >= 0.3 is 0 Å². The highest BCUT2D eigenvalue weighted by Gasteiger charge is 2.20. The van der Waals surface area contributed by atoms with Crippen LogP contribution in [0, 0.1) is 6.92 Å². The molecule has 7 heteroatoms. The number of hydrogen-bond acceptors (Lipinski definition) is 5. The van der Waals surface area contributed by atoms with Gasteiger partial charge in [-0.15, -0.1) is 12.4 Å². The fourth-order valence-corrected chi connectivity index (χ4v) is 3.78. The standard InChI is InChI=1S/C15H24N2O3S.ClH/c1-14-2-4-15(5-3-14)21(19,20)13-11-17-8-6-16(7-9-17)10-12-18;/h2-5,18H,6-13H2,1H3;1H. The molecule has 0 amide bonds. The van der Waals surface area contributed by atoms with Crippen LogP contribution in [0.15, 0.2) is 29.2 Å². The van der Waals surface area contributed by atoms with Gasteiger partial charge in [0, 0.05) is 39.3 Å². The lowest BCUT2D eigenvalue weighted by Gasteiger charge is -2.34. The molecule has 5 nitrogen and oxygen atoms in total. The maximum atomic E-state index is 12.3. The molecule has 0 unspecified atom stereocenters. The summed E-state index contributed by atoms with van der Waals surface area (Å²) in [5.74, 6) is 0.163. The molecule has 22 heavy (non-hydrogen) atoms. The molecule has 1 aromatic carbocycles. The molecule has 1 aliphatic heterocycles. The van der Waals surface area contributed by atoms with E-state index in [0.717, 1.165) is 31.7 Å². The highest BCUT2D eigenvalue weighted by Crippen LogP contribution is 2.13. The van der Waals surface area contributed by atoms with Crippen LogP contribution in [0.3, 0.4) is 0 Å². The van der Waals surface area contributed by atoms with Crippen LogP contribution in [0.25, 0.3) is 0 Å². The zero-order valence-electron chi connectivity index (χ0n) is 12.9. The summed E-state index contributed by atoms with van der Waals surface area (Å²) in [6.07, 6.45) is 0. The molecule has 126 valence electrons. The van der Waals surface area contributed by atoms with E-state index in [4.69, 9.17) is 5.11 Å². The van der Waals surface area contributed by atoms with Crippen LogP contribution in [-0.4, -0.2) is 75.0 Å². The van der Waals surface area contributed by atoms with Crippen molar-refractivity contribution in [3.05, 3.63) is 29.8 Å². The first-order chi connectivity index (χ1) is 10.0. The van der Waals surface area contributed by atoms with E-state index in [1.165, 1.54) is 0 Å². The first kappa shape index (κ1) is 19.4. The molecule has 0 saturated carbocycles. The van der Waals surface area contributed by atoms with Crippen molar-refractivity contribution in [2.45, 2.75) is 11.8 Å². The SMILES string of the molecule is Cc1ccc(S(=O)(=O)CCN2CCN(CCO)CC2)cc1.Cl. The Morgan fingerprint density at radius 1 is 1.00 bits per heavy atom. The van der Waals surface area contributed by atoms with E-state index in [1.54, 1.807) is 12.1 Å². The first-order valence-corrected chi connectivity index (χ1v) is 9.01. The maximum absolute atomic E-state index is 12.3. The van der Waals surface area contributed by atoms with Gasteiger partial charge in [-0.3, -0.25) is 9.80 Å². The van der Waals surface area contributed by atoms with Crippen molar-refractivity contribution in [2.24, 2.45) is 0 Å². The number of nitrogens with zero attached hydrogens (tertiary/aromatic N) is 2. The molecule has 0 aliphatic carbocycles. The summed E-state index contributed by atoms with van der Waals surface area (Å²) >= 11 is 0. The highest BCUT2D eigenvalue weighted by atomic mass is 35.5. The van der Waals surface area contributed by atoms with Crippen molar-refractivity contribution in [3.63, 3.8) is 0 Å². The van der Waals surface area contributed by atoms with Gasteiger partial charge < -0.3 is 5.11 Å². The number of sulfone groups is 1. The molecule has 1 aromatic rings. The third-order valence-electron chi connectivity index (χ3n) is 3.94. The Labute approximate surface area is 139 Å². The lowest BCUT2D eigenvalue weighted by Crippen LogP contribution is -2.48. The van der Waals surface area contributed by atoms with Gasteiger partial charge in [-0.2, -0.15) is 0 Å². The van der Waals surface area contributed by atoms with Gasteiger partial charge in [0.05, 0.1) is 17.3 Å². The van der Waals surface area contributed by atoms with Gasteiger partial charge in [-0.1, -0.05) is 17.7 Å². The summed E-state index contributed by atoms with van der Waals surface area (Å²) in [7, 11) is -3.20. The Bertz CT molecular complexity index is 540. The van der Waals surface area contributed by atoms with Gasteiger partial charge in [0.15, 0.2) is 9.84 Å². The van der Waals surface area contributed by atoms with Crippen LogP contribution in [0.2, 0.25) is 0 Å². The van der Waals surface area contributed by atoms with E-state index >= 15 is 0 Å². The third kappa shape index (κ3) is 5.52. The minimum atomic E-state index is -3.20. The molecule has 0 aromatic heterocycles. The topological polar surface area (TPSA) is 60.9 Å². The van der Waals surface area contributed by atoms with Gasteiger partial charge in [0.2, 0.25) is 0 Å². The molecule has 1 heterocycles. The molecule has 0 bridgehead atoms. The van der Waals surface area contributed by atoms with E-state index in [9.17, 15) is 8.42 Å². The average Bonchev–Trinajstić information content (AvgIpc) is 2.47. The summed E-state index contributed by atoms with van der Waals surface area (Å²) in [5.41, 5.74) is 1.06. The van der Waals surface area contributed by atoms with E-state index in [1.807, 2.05) is 19.1 Å². The Morgan fingerprint density at radius 2 is 1.50 bits per heavy atom. The maximum Gasteiger partial charge on any atom is 0.179 e. The van der Waals surface area contributed by atoms with Crippen LogP contribution < -0.4 is 0 Å². The fraction of sp³-hybridized carbons (Fsp3) is 0.600. The number of piperazine rings is 1. The number of halogens is 1. The zero-order valence-corrected chi connectivity index (χ0v) is 14.6. The summed E-state index contributed by atoms with van der Waals surface area (Å²) in [5, 5.41) is 8.91. The molecule has 0 atom stereocenters. The third-order valence-corrected chi connectivity index (χ3v) is 5.65. The van der Waals surface area contributed by atoms with Crippen molar-refractivity contribution < 1.29 is 13.5 Å². The number of aliphatic hydroxyl groups excluding tert-OH is 1. The monoisotopic (exact) mass is 348 g/mol. The quantitative estimate of drug-likeness (QED) is 0.824. The van der Waals surface area contributed by atoms with Gasteiger partial charge in [-0.05, 0) is 19.1 Å². The van der Waals surface area contributed by atoms with Crippen molar-refractivity contribution in [3.8, 4) is 0 Å². The molecule has 1 fully saturated rings. The number of benzene rings is 1. The van der Waals surface area contributed by atoms with Crippen molar-refractivity contribution in [1.82, 2.24) is 9.80 Å². The molecule has 0 radical (unpaired) electrons. The number of hydrogen-bond donors (Lipinski definition) is 1. The minimum Gasteiger partial charge on any atom is -0.395 e. The smallest absolute Gasteiger partial charge is 0.179 e. The van der Waals surface area contributed by atoms with E-state index < -0.39 is 9.84 Å². The van der Waals surface area contributed by atoms with Crippen molar-refractivity contribution >= 4 is 22.2 Å². The van der Waals surface area contributed by atoms with Crippen LogP contribution in [0.4, 0.5) is 0 Å². The average molecular weight is 349 g/mol. The molecule has 2 rings (SSSR count). The highest BCUT2D eigenvalue weighted by molar-refractivity contribution is 7.91. The summed E-state index contributed by atoms with van der Waals surface area (Å²) in [6.45, 7) is 6.92. The van der Waals surface area contributed by atoms with Crippen LogP contribution in [0.5, 0.6) is 0 Å². The summed E-state index contributed by atoms with van der Waals surface area (Å²) in [6, 6.07) is 7.04. The first-order valence-electron chi connectivity index (χ1n) is 7.36. The number of aryl methyl sites for hydroxylation is 1. The Hall–Kier alpha value is -0.660. The molecule has 1 aliphatic rings. The summed E-state index contributed by atoms with van der Waals surface area (Å²) < 4.78 is 24.6. The fourth-order valence-electron chi connectivity index (χ4n) is 2.49. The second kappa shape index (κ2) is 8.84. The molecular weight excluding hydrogens is 324 g/mol. The Kier molecular flexibility index (Phi) is 7.79. The predicted octanol–water partition coefficient (Wildman–Crippen LogP) is 0.800. The lowest BCUT2D eigenvalue weighted by molar-refractivity contribution is 0.116.